The fraction of sp³-hybridized carbons (Fsp3) is 0.207. The number of hydrogen-bond acceptors (Lipinski definition) is 6. The summed E-state index contributed by atoms with van der Waals surface area (Å²) in [6.07, 6.45) is -3.28. The first-order valence-corrected chi connectivity index (χ1v) is 12.2. The number of anilines is 3. The second-order valence-corrected chi connectivity index (χ2v) is 9.46. The molecule has 40 heavy (non-hydrogen) atoms. The van der Waals surface area contributed by atoms with E-state index in [1.54, 1.807) is 6.92 Å². The first-order valence-electron chi connectivity index (χ1n) is 12.2. The number of benzene rings is 3. The molecule has 0 saturated heterocycles. The highest BCUT2D eigenvalue weighted by Gasteiger charge is 2.31. The zero-order valence-electron chi connectivity index (χ0n) is 22.2. The summed E-state index contributed by atoms with van der Waals surface area (Å²) in [7, 11) is 3.90. The molecule has 2 N–H and O–H groups in total. The summed E-state index contributed by atoms with van der Waals surface area (Å²) in [6, 6.07) is 15.0. The fourth-order valence-electron chi connectivity index (χ4n) is 3.95. The number of carbonyl (C=O) groups is 1. The number of carbonyl (C=O) groups excluding carboxylic acids is 1. The van der Waals surface area contributed by atoms with Crippen molar-refractivity contribution in [3.8, 4) is 17.0 Å². The second-order valence-electron chi connectivity index (χ2n) is 9.46. The Bertz CT molecular complexity index is 1520. The lowest BCUT2D eigenvalue weighted by molar-refractivity contribution is -0.274. The molecule has 1 amide bonds. The van der Waals surface area contributed by atoms with Crippen molar-refractivity contribution in [2.24, 2.45) is 0 Å². The third-order valence-corrected chi connectivity index (χ3v) is 5.86. The van der Waals surface area contributed by atoms with Crippen LogP contribution in [0.25, 0.3) is 11.3 Å². The van der Waals surface area contributed by atoms with Gasteiger partial charge >= 0.3 is 6.36 Å². The molecule has 0 radical (unpaired) electrons. The molecule has 208 valence electrons. The smallest absolute Gasteiger partial charge is 0.406 e. The van der Waals surface area contributed by atoms with Crippen LogP contribution < -0.4 is 15.4 Å². The van der Waals surface area contributed by atoms with E-state index in [2.05, 4.69) is 25.3 Å². The van der Waals surface area contributed by atoms with Crippen LogP contribution in [0, 0.1) is 19.7 Å². The molecule has 0 aliphatic carbocycles. The molecule has 4 rings (SSSR count). The predicted molar refractivity (Wildman–Crippen MR) is 145 cm³/mol. The molecular weight excluding hydrogens is 526 g/mol. The lowest BCUT2D eigenvalue weighted by Gasteiger charge is -2.14. The average molecular weight is 554 g/mol. The minimum Gasteiger partial charge on any atom is -0.406 e. The number of hydrogen-bond donors (Lipinski definition) is 2. The van der Waals surface area contributed by atoms with Crippen LogP contribution in [-0.4, -0.2) is 41.2 Å². The summed E-state index contributed by atoms with van der Waals surface area (Å²) in [5.41, 5.74) is 4.35. The Morgan fingerprint density at radius 1 is 0.950 bits per heavy atom. The van der Waals surface area contributed by atoms with E-state index in [9.17, 15) is 22.4 Å². The third-order valence-electron chi connectivity index (χ3n) is 5.86. The molecule has 1 heterocycles. The zero-order chi connectivity index (χ0) is 29.0. The van der Waals surface area contributed by atoms with Crippen molar-refractivity contribution >= 4 is 23.2 Å². The number of alkyl halides is 3. The highest BCUT2D eigenvalue weighted by atomic mass is 19.4. The van der Waals surface area contributed by atoms with E-state index in [1.807, 2.05) is 44.1 Å². The normalized spacial score (nSPS) is 11.4. The molecule has 3 aromatic carbocycles. The van der Waals surface area contributed by atoms with E-state index < -0.39 is 18.1 Å². The molecule has 0 bridgehead atoms. The molecule has 0 saturated carbocycles. The standard InChI is InChI=1S/C29H27F4N5O2/c1-17-5-6-19(16-38(3)4)13-25(17)35-27(39)21-9-12-24(23(30)14-21)36-28-34-15-18(2)26(37-28)20-7-10-22(11-8-20)40-29(31,32)33/h5-15H,16H2,1-4H3,(H,35,39)(H,34,36,37). The van der Waals surface area contributed by atoms with Gasteiger partial charge in [-0.1, -0.05) is 12.1 Å². The Balaban J connectivity index is 1.49. The monoisotopic (exact) mass is 553 g/mol. The number of amides is 1. The average Bonchev–Trinajstić information content (AvgIpc) is 2.87. The van der Waals surface area contributed by atoms with Gasteiger partial charge in [0, 0.05) is 29.6 Å². The Morgan fingerprint density at radius 2 is 1.68 bits per heavy atom. The topological polar surface area (TPSA) is 79.4 Å². The molecule has 0 aliphatic rings. The maximum atomic E-state index is 15.0. The minimum atomic E-state index is -4.79. The van der Waals surface area contributed by atoms with Crippen molar-refractivity contribution in [1.29, 1.82) is 0 Å². The predicted octanol–water partition coefficient (Wildman–Crippen LogP) is 6.86. The van der Waals surface area contributed by atoms with Gasteiger partial charge in [-0.05, 0) is 93.2 Å². The van der Waals surface area contributed by atoms with Gasteiger partial charge in [0.2, 0.25) is 5.95 Å². The van der Waals surface area contributed by atoms with Gasteiger partial charge in [0.05, 0.1) is 11.4 Å². The molecule has 4 aromatic rings. The van der Waals surface area contributed by atoms with E-state index in [1.165, 1.54) is 42.6 Å². The third kappa shape index (κ3) is 7.32. The van der Waals surface area contributed by atoms with Gasteiger partial charge < -0.3 is 20.3 Å². The molecule has 0 spiro atoms. The van der Waals surface area contributed by atoms with Gasteiger partial charge in [-0.2, -0.15) is 0 Å². The largest absolute Gasteiger partial charge is 0.573 e. The number of rotatable bonds is 8. The van der Waals surface area contributed by atoms with E-state index >= 15 is 0 Å². The number of halogens is 4. The van der Waals surface area contributed by atoms with Crippen molar-refractivity contribution in [3.63, 3.8) is 0 Å². The Labute approximate surface area is 228 Å². The zero-order valence-corrected chi connectivity index (χ0v) is 22.2. The van der Waals surface area contributed by atoms with Crippen molar-refractivity contribution in [2.75, 3.05) is 24.7 Å². The van der Waals surface area contributed by atoms with Gasteiger partial charge in [0.1, 0.15) is 11.6 Å². The molecule has 1 aromatic heterocycles. The van der Waals surface area contributed by atoms with Crippen LogP contribution in [0.15, 0.2) is 66.9 Å². The molecule has 0 fully saturated rings. The number of ether oxygens (including phenoxy) is 1. The molecule has 0 aliphatic heterocycles. The lowest BCUT2D eigenvalue weighted by Crippen LogP contribution is -2.16. The summed E-state index contributed by atoms with van der Waals surface area (Å²) >= 11 is 0. The van der Waals surface area contributed by atoms with Crippen molar-refractivity contribution in [3.05, 3.63) is 94.9 Å². The first kappa shape index (κ1) is 28.5. The Kier molecular flexibility index (Phi) is 8.34. The second kappa shape index (κ2) is 11.7. The molecule has 0 atom stereocenters. The van der Waals surface area contributed by atoms with Crippen LogP contribution in [0.4, 0.5) is 34.9 Å². The van der Waals surface area contributed by atoms with Gasteiger partial charge in [-0.25, -0.2) is 14.4 Å². The quantitative estimate of drug-likeness (QED) is 0.232. The Hall–Kier alpha value is -4.51. The van der Waals surface area contributed by atoms with Crippen molar-refractivity contribution < 1.29 is 27.1 Å². The van der Waals surface area contributed by atoms with Crippen LogP contribution in [0.2, 0.25) is 0 Å². The van der Waals surface area contributed by atoms with Crippen LogP contribution in [-0.2, 0) is 6.54 Å². The maximum Gasteiger partial charge on any atom is 0.573 e. The van der Waals surface area contributed by atoms with Crippen LogP contribution in [0.5, 0.6) is 5.75 Å². The summed E-state index contributed by atoms with van der Waals surface area (Å²) < 4.78 is 56.3. The summed E-state index contributed by atoms with van der Waals surface area (Å²) in [4.78, 5) is 23.4. The Morgan fingerprint density at radius 3 is 2.33 bits per heavy atom. The van der Waals surface area contributed by atoms with Gasteiger partial charge in [-0.3, -0.25) is 4.79 Å². The molecule has 7 nitrogen and oxygen atoms in total. The highest BCUT2D eigenvalue weighted by molar-refractivity contribution is 6.05. The van der Waals surface area contributed by atoms with Crippen LogP contribution >= 0.6 is 0 Å². The number of nitrogens with one attached hydrogen (secondary N) is 2. The summed E-state index contributed by atoms with van der Waals surface area (Å²) in [6.45, 7) is 4.33. The van der Waals surface area contributed by atoms with Crippen molar-refractivity contribution in [2.45, 2.75) is 26.8 Å². The fourth-order valence-corrected chi connectivity index (χ4v) is 3.95. The highest BCUT2D eigenvalue weighted by Crippen LogP contribution is 2.28. The first-order chi connectivity index (χ1) is 18.9. The number of aryl methyl sites for hydroxylation is 2. The molecule has 11 heteroatoms. The van der Waals surface area contributed by atoms with Gasteiger partial charge in [0.15, 0.2) is 0 Å². The summed E-state index contributed by atoms with van der Waals surface area (Å²) in [5.74, 6) is -1.43. The van der Waals surface area contributed by atoms with Crippen LogP contribution in [0.1, 0.15) is 27.0 Å². The van der Waals surface area contributed by atoms with Crippen molar-refractivity contribution in [1.82, 2.24) is 14.9 Å². The lowest BCUT2D eigenvalue weighted by atomic mass is 10.1. The summed E-state index contributed by atoms with van der Waals surface area (Å²) in [5, 5.41) is 5.64. The van der Waals surface area contributed by atoms with Crippen LogP contribution in [0.3, 0.4) is 0 Å². The van der Waals surface area contributed by atoms with E-state index in [0.29, 0.717) is 29.1 Å². The molecular formula is C29H27F4N5O2. The van der Waals surface area contributed by atoms with E-state index in [4.69, 9.17) is 0 Å². The molecule has 0 unspecified atom stereocenters. The number of nitrogens with zero attached hydrogens (tertiary/aromatic N) is 3. The minimum absolute atomic E-state index is 0.0458. The maximum absolute atomic E-state index is 15.0. The SMILES string of the molecule is Cc1ccc(CN(C)C)cc1NC(=O)c1ccc(Nc2ncc(C)c(-c3ccc(OC(F)(F)F)cc3)n2)c(F)c1. The number of aromatic nitrogens is 2. The van der Waals surface area contributed by atoms with Gasteiger partial charge in [0.25, 0.3) is 5.91 Å². The van der Waals surface area contributed by atoms with E-state index in [0.717, 1.165) is 17.2 Å². The van der Waals surface area contributed by atoms with E-state index in [-0.39, 0.29) is 22.9 Å². The van der Waals surface area contributed by atoms with Gasteiger partial charge in [-0.15, -0.1) is 13.2 Å².